The highest BCUT2D eigenvalue weighted by Gasteiger charge is 2.15. The van der Waals surface area contributed by atoms with E-state index in [1.807, 2.05) is 49.6 Å². The summed E-state index contributed by atoms with van der Waals surface area (Å²) >= 11 is 0. The summed E-state index contributed by atoms with van der Waals surface area (Å²) in [5.41, 5.74) is 10.4. The molecule has 0 saturated carbocycles. The van der Waals surface area contributed by atoms with Crippen LogP contribution in [-0.4, -0.2) is 120 Å². The SMILES string of the molecule is CC(C)CCCCCCc1cnnn1CC(C)C.CC(C)CCCCCCc1cnnn1CC(C)C.CC(C)CCCCCc1cnnn1CCC(C)C.CC(C)CCCCCc1cnnn1CCC(C)C.CC(C)CCCCc1cnnn1CCCC(C)C.CC(C)CCCCc1cnnn1CCCC(C)C.CC(C)CCCCn1nncc1CCC(C)C.CC(C)CCCCn1nncc1CCC(C)C. The highest BCUT2D eigenvalue weighted by atomic mass is 15.5. The van der Waals surface area contributed by atoms with Gasteiger partial charge in [0.15, 0.2) is 0 Å². The van der Waals surface area contributed by atoms with Gasteiger partial charge in [-0.3, -0.25) is 0 Å². The number of hydrogen-bond acceptors (Lipinski definition) is 16. The van der Waals surface area contributed by atoms with Gasteiger partial charge in [-0.15, -0.1) is 40.8 Å². The minimum Gasteiger partial charge on any atom is -0.249 e. The molecule has 0 aromatic carbocycles. The number of aryl methyl sites for hydroxylation is 14. The average Bonchev–Trinajstić information content (AvgIpc) is 1.77. The Bertz CT molecular complexity index is 3770. The Balaban J connectivity index is 0.000000812. The molecule has 8 aromatic heterocycles. The van der Waals surface area contributed by atoms with Gasteiger partial charge in [-0.1, -0.05) is 405 Å². The maximum absolute atomic E-state index is 4.19. The molecule has 0 unspecified atom stereocenters. The molecule has 0 atom stereocenters. The van der Waals surface area contributed by atoms with Gasteiger partial charge in [0.1, 0.15) is 0 Å². The molecule has 8 rings (SSSR count). The second kappa shape index (κ2) is 85.1. The Morgan fingerprint density at radius 3 is 0.493 bits per heavy atom. The summed E-state index contributed by atoms with van der Waals surface area (Å²) < 4.78 is 16.7. The number of rotatable bonds is 70. The van der Waals surface area contributed by atoms with Crippen molar-refractivity contribution in [3.63, 3.8) is 0 Å². The smallest absolute Gasteiger partial charge is 0.0725 e. The van der Waals surface area contributed by atoms with Gasteiger partial charge >= 0.3 is 0 Å². The molecule has 0 saturated heterocycles. The Morgan fingerprint density at radius 1 is 0.134 bits per heavy atom. The van der Waals surface area contributed by atoms with Crippen molar-refractivity contribution in [2.75, 3.05) is 0 Å². The fourth-order valence-corrected chi connectivity index (χ4v) is 16.7. The van der Waals surface area contributed by atoms with Crippen LogP contribution < -0.4 is 0 Å². The van der Waals surface area contributed by atoms with E-state index in [0.717, 1.165) is 187 Å². The van der Waals surface area contributed by atoms with Crippen LogP contribution in [0.1, 0.15) is 511 Å². The third kappa shape index (κ3) is 75.8. The van der Waals surface area contributed by atoms with Crippen LogP contribution in [0.4, 0.5) is 0 Å². The van der Waals surface area contributed by atoms with Gasteiger partial charge < -0.3 is 0 Å². The molecule has 0 aliphatic rings. The third-order valence-corrected chi connectivity index (χ3v) is 25.8. The minimum absolute atomic E-state index is 0.636. The summed E-state index contributed by atoms with van der Waals surface area (Å²) in [6, 6.07) is 0. The molecule has 0 fully saturated rings. The zero-order valence-electron chi connectivity index (χ0n) is 98.8. The first-order chi connectivity index (χ1) is 67.7. The lowest BCUT2D eigenvalue weighted by Crippen LogP contribution is -2.09. The summed E-state index contributed by atoms with van der Waals surface area (Å²) in [7, 11) is 0. The van der Waals surface area contributed by atoms with Crippen molar-refractivity contribution in [1.29, 1.82) is 0 Å². The highest BCUT2D eigenvalue weighted by Crippen LogP contribution is 2.22. The van der Waals surface area contributed by atoms with E-state index in [1.165, 1.54) is 290 Å². The fraction of sp³-hybridized carbons (Fsp3) is 0.864. The Labute approximate surface area is 873 Å². The van der Waals surface area contributed by atoms with Gasteiger partial charge in [0, 0.05) is 52.4 Å². The van der Waals surface area contributed by atoms with Crippen LogP contribution in [-0.2, 0) is 104 Å². The summed E-state index contributed by atoms with van der Waals surface area (Å²) in [6.07, 6.45) is 73.6. The highest BCUT2D eigenvalue weighted by molar-refractivity contribution is 5.00. The first kappa shape index (κ1) is 133. The van der Waals surface area contributed by atoms with Crippen molar-refractivity contribution in [2.45, 2.75) is 569 Å². The maximum atomic E-state index is 4.19. The van der Waals surface area contributed by atoms with Crippen LogP contribution in [0.15, 0.2) is 49.6 Å². The van der Waals surface area contributed by atoms with Crippen molar-refractivity contribution in [3.05, 3.63) is 95.1 Å². The van der Waals surface area contributed by atoms with Crippen molar-refractivity contribution in [3.8, 4) is 0 Å². The quantitative estimate of drug-likeness (QED) is 0.0322. The molecule has 0 aliphatic heterocycles. The Kier molecular flexibility index (Phi) is 79.8. The molecule has 0 N–H and O–H groups in total. The van der Waals surface area contributed by atoms with E-state index in [1.54, 1.807) is 0 Å². The van der Waals surface area contributed by atoms with Crippen molar-refractivity contribution in [1.82, 2.24) is 120 Å². The second-order valence-corrected chi connectivity index (χ2v) is 48.3. The molecule has 820 valence electrons. The lowest BCUT2D eigenvalue weighted by atomic mass is 10.0. The lowest BCUT2D eigenvalue weighted by Gasteiger charge is -2.08. The van der Waals surface area contributed by atoms with E-state index in [0.29, 0.717) is 11.8 Å². The molecule has 24 nitrogen and oxygen atoms in total. The Hall–Kier alpha value is -6.88. The molecule has 0 spiro atoms. The first-order valence-electron chi connectivity index (χ1n) is 58.7. The van der Waals surface area contributed by atoms with Crippen LogP contribution >= 0.6 is 0 Å². The van der Waals surface area contributed by atoms with Gasteiger partial charge in [0.2, 0.25) is 0 Å². The standard InChI is InChI=1S/6C15H29N3.2C14H27N3/c2*1-13(2)8-5-6-10-15-12-16-17-18(15)11-7-9-14(3)4;2*1-13(2)8-6-5-7-9-15-12-16-17-18(15)11-10-14(3)4;2*1-13(2)9-7-5-6-8-10-15-11-16-17-18(15)12-14(3)4;2*1-12(2)7-5-6-10-17-14(11-15-16-17)9-8-13(3)4/h4*12-14H,5-11H2,1-4H3;2*11,13-14H,5-10,12H2,1-4H3;2*11-13H,5-10H2,1-4H3. The van der Waals surface area contributed by atoms with Crippen LogP contribution in [0.25, 0.3) is 0 Å². The van der Waals surface area contributed by atoms with E-state index < -0.39 is 0 Å². The zero-order chi connectivity index (χ0) is 106. The topological polar surface area (TPSA) is 246 Å². The molecular formula is C118H228N24. The number of hydrogen-bond donors (Lipinski definition) is 0. The predicted molar refractivity (Wildman–Crippen MR) is 603 cm³/mol. The average molecular weight is 1980 g/mol. The van der Waals surface area contributed by atoms with E-state index in [2.05, 4.69) is 342 Å². The summed E-state index contributed by atoms with van der Waals surface area (Å²) in [5.74, 6) is 12.4. The van der Waals surface area contributed by atoms with Gasteiger partial charge in [0.25, 0.3) is 0 Å². The maximum Gasteiger partial charge on any atom is 0.0725 e. The normalized spacial score (nSPS) is 11.7. The van der Waals surface area contributed by atoms with E-state index >= 15 is 0 Å². The lowest BCUT2D eigenvalue weighted by molar-refractivity contribution is 0.453. The third-order valence-electron chi connectivity index (χ3n) is 25.8. The Morgan fingerprint density at radius 2 is 0.282 bits per heavy atom. The van der Waals surface area contributed by atoms with Crippen LogP contribution in [0, 0.1) is 94.7 Å². The largest absolute Gasteiger partial charge is 0.249 e. The summed E-state index contributed by atoms with van der Waals surface area (Å²) in [4.78, 5) is 0. The van der Waals surface area contributed by atoms with Gasteiger partial charge in [-0.2, -0.15) is 0 Å². The number of unbranched alkanes of at least 4 members (excludes halogenated alkanes) is 14. The molecule has 0 amide bonds. The van der Waals surface area contributed by atoms with E-state index in [9.17, 15) is 0 Å². The zero-order valence-corrected chi connectivity index (χ0v) is 98.8. The van der Waals surface area contributed by atoms with Crippen LogP contribution in [0.5, 0.6) is 0 Å². The molecular weight excluding hydrogens is 1750 g/mol. The minimum atomic E-state index is 0.636. The molecule has 0 bridgehead atoms. The second-order valence-electron chi connectivity index (χ2n) is 48.3. The first-order valence-corrected chi connectivity index (χ1v) is 58.7. The molecule has 0 aliphatic carbocycles. The number of nitrogens with zero attached hydrogens (tertiary/aromatic N) is 24. The summed E-state index contributed by atoms with van der Waals surface area (Å²) in [6.45, 7) is 80.8. The van der Waals surface area contributed by atoms with E-state index in [-0.39, 0.29) is 0 Å². The van der Waals surface area contributed by atoms with E-state index in [4.69, 9.17) is 0 Å². The van der Waals surface area contributed by atoms with Gasteiger partial charge in [-0.25, -0.2) is 37.5 Å². The van der Waals surface area contributed by atoms with Crippen molar-refractivity contribution in [2.24, 2.45) is 94.7 Å². The van der Waals surface area contributed by atoms with Crippen LogP contribution in [0.3, 0.4) is 0 Å². The van der Waals surface area contributed by atoms with Gasteiger partial charge in [-0.05, 0) is 249 Å². The summed E-state index contributed by atoms with van der Waals surface area (Å²) in [5, 5.41) is 65.7. The molecule has 142 heavy (non-hydrogen) atoms. The van der Waals surface area contributed by atoms with Gasteiger partial charge in [0.05, 0.1) is 95.1 Å². The van der Waals surface area contributed by atoms with Crippen LogP contribution in [0.2, 0.25) is 0 Å². The van der Waals surface area contributed by atoms with Crippen molar-refractivity contribution < 1.29 is 0 Å². The molecule has 0 radical (unpaired) electrons. The molecule has 8 heterocycles. The number of aromatic nitrogens is 24. The van der Waals surface area contributed by atoms with Crippen molar-refractivity contribution >= 4 is 0 Å². The molecule has 24 heteroatoms. The predicted octanol–water partition coefficient (Wildman–Crippen LogP) is 31.9. The molecule has 8 aromatic rings. The fourth-order valence-electron chi connectivity index (χ4n) is 16.7. The monoisotopic (exact) mass is 1980 g/mol.